The number of halogens is 3. The third-order valence-electron chi connectivity index (χ3n) is 4.91. The van der Waals surface area contributed by atoms with Crippen molar-refractivity contribution < 1.29 is 31.4 Å². The van der Waals surface area contributed by atoms with Crippen LogP contribution in [0.15, 0.2) is 18.2 Å². The molecule has 2 bridgehead atoms. The van der Waals surface area contributed by atoms with Gasteiger partial charge in [0.2, 0.25) is 0 Å². The van der Waals surface area contributed by atoms with Gasteiger partial charge in [-0.1, -0.05) is 6.07 Å². The first kappa shape index (κ1) is 16.6. The molecule has 8 heteroatoms. The molecule has 2 atom stereocenters. The Bertz CT molecular complexity index is 707. The van der Waals surface area contributed by atoms with Gasteiger partial charge in [0.15, 0.2) is 9.84 Å². The quantitative estimate of drug-likeness (QED) is 0.891. The van der Waals surface area contributed by atoms with Crippen LogP contribution < -0.4 is 4.74 Å². The molecule has 2 aliphatic rings. The lowest BCUT2D eigenvalue weighted by molar-refractivity contribution is -0.138. The molecule has 1 N–H and O–H groups in total. The molecule has 0 radical (unpaired) electrons. The summed E-state index contributed by atoms with van der Waals surface area (Å²) in [6.07, 6.45) is -3.54. The average molecular weight is 350 g/mol. The first-order valence-electron chi connectivity index (χ1n) is 7.29. The summed E-state index contributed by atoms with van der Waals surface area (Å²) >= 11 is 0. The van der Waals surface area contributed by atoms with Crippen LogP contribution in [-0.4, -0.2) is 31.1 Å². The summed E-state index contributed by atoms with van der Waals surface area (Å²) in [6, 6.07) is 3.25. The van der Waals surface area contributed by atoms with E-state index in [9.17, 15) is 26.7 Å². The van der Waals surface area contributed by atoms with Crippen LogP contribution in [0.1, 0.15) is 36.8 Å². The van der Waals surface area contributed by atoms with E-state index in [1.165, 1.54) is 12.1 Å². The predicted molar refractivity (Wildman–Crippen MR) is 76.9 cm³/mol. The van der Waals surface area contributed by atoms with E-state index in [0.717, 1.165) is 13.2 Å². The van der Waals surface area contributed by atoms with Crippen LogP contribution in [0.4, 0.5) is 13.2 Å². The van der Waals surface area contributed by atoms with Gasteiger partial charge < -0.3 is 9.84 Å². The minimum atomic E-state index is -4.55. The van der Waals surface area contributed by atoms with Gasteiger partial charge >= 0.3 is 6.18 Å². The number of sulfone groups is 1. The highest BCUT2D eigenvalue weighted by molar-refractivity contribution is 7.93. The monoisotopic (exact) mass is 350 g/mol. The predicted octanol–water partition coefficient (Wildman–Crippen LogP) is 2.64. The Kier molecular flexibility index (Phi) is 3.68. The molecular weight excluding hydrogens is 333 g/mol. The van der Waals surface area contributed by atoms with Crippen molar-refractivity contribution in [2.75, 3.05) is 7.11 Å². The second-order valence-electron chi connectivity index (χ2n) is 6.26. The maximum Gasteiger partial charge on any atom is 0.419 e. The lowest BCUT2D eigenvalue weighted by atomic mass is 9.85. The van der Waals surface area contributed by atoms with Crippen LogP contribution in [0.5, 0.6) is 5.75 Å². The molecule has 4 nitrogen and oxygen atoms in total. The molecule has 2 heterocycles. The van der Waals surface area contributed by atoms with Crippen LogP contribution >= 0.6 is 0 Å². The van der Waals surface area contributed by atoms with Crippen LogP contribution in [0.25, 0.3) is 0 Å². The van der Waals surface area contributed by atoms with E-state index < -0.39 is 37.7 Å². The Morgan fingerprint density at radius 2 is 1.78 bits per heavy atom. The number of hydrogen-bond donors (Lipinski definition) is 1. The minimum absolute atomic E-state index is 0.0142. The summed E-state index contributed by atoms with van der Waals surface area (Å²) in [7, 11) is -2.09. The van der Waals surface area contributed by atoms with Crippen molar-refractivity contribution in [3.8, 4) is 5.75 Å². The van der Waals surface area contributed by atoms with E-state index in [-0.39, 0.29) is 24.2 Å². The van der Waals surface area contributed by atoms with Crippen LogP contribution in [0.3, 0.4) is 0 Å². The molecule has 2 saturated heterocycles. The Labute approximate surface area is 132 Å². The molecule has 23 heavy (non-hydrogen) atoms. The normalized spacial score (nSPS) is 32.7. The van der Waals surface area contributed by atoms with E-state index in [0.29, 0.717) is 12.8 Å². The summed E-state index contributed by atoms with van der Waals surface area (Å²) in [5.74, 6) is -0.371. The van der Waals surface area contributed by atoms with Crippen LogP contribution in [-0.2, 0) is 21.6 Å². The van der Waals surface area contributed by atoms with Crippen LogP contribution in [0.2, 0.25) is 0 Å². The Balaban J connectivity index is 2.00. The summed E-state index contributed by atoms with van der Waals surface area (Å²) in [5.41, 5.74) is -2.08. The molecular formula is C15H17F3O4S. The van der Waals surface area contributed by atoms with E-state index in [1.807, 2.05) is 0 Å². The highest BCUT2D eigenvalue weighted by Crippen LogP contribution is 2.48. The van der Waals surface area contributed by atoms with Gasteiger partial charge in [0.05, 0.1) is 28.8 Å². The Morgan fingerprint density at radius 1 is 1.22 bits per heavy atom. The fraction of sp³-hybridized carbons (Fsp3) is 0.600. The van der Waals surface area contributed by atoms with Crippen molar-refractivity contribution in [3.05, 3.63) is 29.3 Å². The van der Waals surface area contributed by atoms with E-state index in [1.54, 1.807) is 0 Å². The number of alkyl halides is 3. The topological polar surface area (TPSA) is 63.6 Å². The molecule has 2 unspecified atom stereocenters. The molecule has 1 aromatic rings. The number of benzene rings is 1. The molecule has 0 aliphatic carbocycles. The Morgan fingerprint density at radius 3 is 2.26 bits per heavy atom. The van der Waals surface area contributed by atoms with Crippen molar-refractivity contribution in [1.82, 2.24) is 0 Å². The zero-order valence-electron chi connectivity index (χ0n) is 12.4. The summed E-state index contributed by atoms with van der Waals surface area (Å²) in [6.45, 7) is 0. The van der Waals surface area contributed by atoms with Gasteiger partial charge in [0, 0.05) is 0 Å². The maximum absolute atomic E-state index is 12.9. The van der Waals surface area contributed by atoms with Crippen LogP contribution in [0, 0.1) is 0 Å². The molecule has 0 aromatic heterocycles. The molecule has 0 amide bonds. The third-order valence-corrected chi connectivity index (χ3v) is 7.58. The zero-order chi connectivity index (χ0) is 17.0. The second kappa shape index (κ2) is 5.11. The molecule has 0 spiro atoms. The largest absolute Gasteiger partial charge is 0.496 e. The SMILES string of the molecule is COc1cc(C2(O)CC3CCC(C2)S3(=O)=O)ccc1C(F)(F)F. The van der Waals surface area contributed by atoms with Gasteiger partial charge in [-0.15, -0.1) is 0 Å². The van der Waals surface area contributed by atoms with Gasteiger partial charge in [-0.05, 0) is 43.4 Å². The van der Waals surface area contributed by atoms with E-state index in [4.69, 9.17) is 4.74 Å². The lowest BCUT2D eigenvalue weighted by Crippen LogP contribution is -2.43. The van der Waals surface area contributed by atoms with Gasteiger partial charge in [-0.25, -0.2) is 8.42 Å². The second-order valence-corrected chi connectivity index (χ2v) is 8.77. The molecule has 1 aromatic carbocycles. The zero-order valence-corrected chi connectivity index (χ0v) is 13.2. The maximum atomic E-state index is 12.9. The fourth-order valence-corrected chi connectivity index (χ4v) is 6.19. The van der Waals surface area contributed by atoms with Gasteiger partial charge in [-0.3, -0.25) is 0 Å². The lowest BCUT2D eigenvalue weighted by Gasteiger charge is -2.36. The number of hydrogen-bond acceptors (Lipinski definition) is 4. The van der Waals surface area contributed by atoms with Gasteiger partial charge in [0.1, 0.15) is 5.75 Å². The molecule has 0 saturated carbocycles. The van der Waals surface area contributed by atoms with Gasteiger partial charge in [0.25, 0.3) is 0 Å². The van der Waals surface area contributed by atoms with Crippen molar-refractivity contribution in [1.29, 1.82) is 0 Å². The van der Waals surface area contributed by atoms with Crippen molar-refractivity contribution in [3.63, 3.8) is 0 Å². The van der Waals surface area contributed by atoms with Gasteiger partial charge in [-0.2, -0.15) is 13.2 Å². The van der Waals surface area contributed by atoms with E-state index in [2.05, 4.69) is 0 Å². The first-order valence-corrected chi connectivity index (χ1v) is 8.90. The number of aliphatic hydroxyl groups is 1. The summed E-state index contributed by atoms with van der Waals surface area (Å²) in [4.78, 5) is 0. The highest BCUT2D eigenvalue weighted by atomic mass is 32.2. The molecule has 3 rings (SSSR count). The smallest absolute Gasteiger partial charge is 0.419 e. The number of fused-ring (bicyclic) bond motifs is 2. The number of rotatable bonds is 2. The minimum Gasteiger partial charge on any atom is -0.496 e. The average Bonchev–Trinajstić information content (AvgIpc) is 2.65. The molecule has 128 valence electrons. The third kappa shape index (κ3) is 2.61. The first-order chi connectivity index (χ1) is 10.6. The van der Waals surface area contributed by atoms with Crippen molar-refractivity contribution >= 4 is 9.84 Å². The van der Waals surface area contributed by atoms with Crippen molar-refractivity contribution in [2.45, 2.75) is 48.0 Å². The molecule has 2 aliphatic heterocycles. The highest BCUT2D eigenvalue weighted by Gasteiger charge is 2.53. The number of ether oxygens (including phenoxy) is 1. The summed E-state index contributed by atoms with van der Waals surface area (Å²) < 4.78 is 67.8. The number of methoxy groups -OCH3 is 1. The standard InChI is InChI=1S/C15H17F3O4S/c1-22-13-6-9(2-5-12(13)15(16,17)18)14(19)7-10-3-4-11(8-14)23(10,20)21/h2,5-6,10-11,19H,3-4,7-8H2,1H3. The Hall–Kier alpha value is -1.28. The fourth-order valence-electron chi connectivity index (χ4n) is 3.70. The summed E-state index contributed by atoms with van der Waals surface area (Å²) in [5, 5.41) is 9.62. The molecule has 2 fully saturated rings. The van der Waals surface area contributed by atoms with Crippen molar-refractivity contribution in [2.24, 2.45) is 0 Å². The van der Waals surface area contributed by atoms with E-state index >= 15 is 0 Å².